The highest BCUT2D eigenvalue weighted by Crippen LogP contribution is 2.64. The van der Waals surface area contributed by atoms with Gasteiger partial charge in [-0.05, 0) is 94.0 Å². The first-order chi connectivity index (χ1) is 27.7. The SMILES string of the molecule is [O-][P+]1(NC(F)(F)F)Oc2c(-c3c4ccccc4cc4ccccc34)cc3ccccc3c2-c2c(c(-c3c4ccccc4cc4ccccc34)cc3ccccc23)O1. The molecule has 274 valence electrons. The van der Waals surface area contributed by atoms with E-state index in [1.54, 1.807) is 0 Å². The zero-order chi connectivity index (χ0) is 38.5. The number of halogens is 3. The second-order valence-electron chi connectivity index (χ2n) is 14.4. The van der Waals surface area contributed by atoms with E-state index < -0.39 is 14.4 Å². The largest absolute Gasteiger partial charge is 0.601 e. The van der Waals surface area contributed by atoms with Gasteiger partial charge in [0.1, 0.15) is 0 Å². The molecule has 0 radical (unpaired) electrons. The van der Waals surface area contributed by atoms with Gasteiger partial charge in [-0.2, -0.15) is 13.2 Å². The molecule has 0 atom stereocenters. The molecule has 1 N–H and O–H groups in total. The number of alkyl halides is 3. The molecular weight excluding hydrogens is 739 g/mol. The van der Waals surface area contributed by atoms with Gasteiger partial charge in [0, 0.05) is 33.4 Å². The van der Waals surface area contributed by atoms with Crippen molar-refractivity contribution in [2.45, 2.75) is 6.30 Å². The molecule has 1 aliphatic heterocycles. The van der Waals surface area contributed by atoms with Gasteiger partial charge in [-0.3, -0.25) is 9.05 Å². The van der Waals surface area contributed by atoms with E-state index in [0.717, 1.165) is 65.0 Å². The van der Waals surface area contributed by atoms with Crippen LogP contribution in [0.1, 0.15) is 0 Å². The summed E-state index contributed by atoms with van der Waals surface area (Å²) in [5, 5.41) is 11.6. The molecule has 4 nitrogen and oxygen atoms in total. The van der Waals surface area contributed by atoms with Crippen LogP contribution in [0.25, 0.3) is 98.0 Å². The number of rotatable bonds is 3. The van der Waals surface area contributed by atoms with Gasteiger partial charge in [-0.15, -0.1) is 0 Å². The minimum atomic E-state index is -5.31. The predicted molar refractivity (Wildman–Crippen MR) is 225 cm³/mol. The van der Waals surface area contributed by atoms with Crippen LogP contribution in [0.2, 0.25) is 0 Å². The number of nitrogens with one attached hydrogen (secondary N) is 1. The van der Waals surface area contributed by atoms with Crippen molar-refractivity contribution in [1.29, 1.82) is 0 Å². The smallest absolute Gasteiger partial charge is 0.493 e. The Kier molecular flexibility index (Phi) is 7.42. The molecule has 0 saturated carbocycles. The van der Waals surface area contributed by atoms with E-state index in [0.29, 0.717) is 33.0 Å². The van der Waals surface area contributed by atoms with E-state index in [9.17, 15) is 13.2 Å². The summed E-state index contributed by atoms with van der Waals surface area (Å²) >= 11 is 0. The number of hydrogen-bond acceptors (Lipinski definition) is 4. The van der Waals surface area contributed by atoms with Crippen LogP contribution in [0.4, 0.5) is 13.2 Å². The first-order valence-electron chi connectivity index (χ1n) is 18.5. The van der Waals surface area contributed by atoms with Crippen LogP contribution in [0.5, 0.6) is 11.5 Å². The third-order valence-electron chi connectivity index (χ3n) is 11.0. The van der Waals surface area contributed by atoms with Crippen molar-refractivity contribution in [2.24, 2.45) is 0 Å². The van der Waals surface area contributed by atoms with Gasteiger partial charge < -0.3 is 4.89 Å². The minimum Gasteiger partial charge on any atom is -0.601 e. The molecule has 57 heavy (non-hydrogen) atoms. The fourth-order valence-corrected chi connectivity index (χ4v) is 10.1. The highest BCUT2D eigenvalue weighted by Gasteiger charge is 2.51. The maximum absolute atomic E-state index is 15.2. The molecule has 0 bridgehead atoms. The minimum absolute atomic E-state index is 0.0270. The molecule has 10 aromatic carbocycles. The quantitative estimate of drug-likeness (QED) is 0.111. The summed E-state index contributed by atoms with van der Waals surface area (Å²) in [5.41, 5.74) is 3.44. The zero-order valence-corrected chi connectivity index (χ0v) is 30.9. The number of fused-ring (bicyclic) bond motifs is 11. The summed E-state index contributed by atoms with van der Waals surface area (Å²) in [6, 6.07) is 55.0. The molecule has 11 rings (SSSR count). The topological polar surface area (TPSA) is 53.5 Å². The van der Waals surface area contributed by atoms with Gasteiger partial charge >= 0.3 is 14.4 Å². The molecule has 0 aliphatic carbocycles. The van der Waals surface area contributed by atoms with E-state index in [2.05, 4.69) is 12.1 Å². The molecule has 1 aliphatic rings. The van der Waals surface area contributed by atoms with Gasteiger partial charge in [-0.1, -0.05) is 146 Å². The van der Waals surface area contributed by atoms with Crippen LogP contribution in [0.3, 0.4) is 0 Å². The second-order valence-corrected chi connectivity index (χ2v) is 16.0. The molecule has 8 heteroatoms. The Morgan fingerprint density at radius 1 is 0.386 bits per heavy atom. The standard InChI is InChI=1S/C49H29F3NO3P/c50-49(51,52)53-57(54)55-47-41(43-35-19-7-1-13-29(35)25-30-14-2-8-20-36(30)43)27-33-17-5-11-23-39(33)45(47)46-40-24-12-6-18-34(40)28-42(48(46)56-57)44-37-21-9-3-15-31(37)26-32-16-4-10-22-38(32)44/h1-28H,(H,53,54). The van der Waals surface area contributed by atoms with E-state index >= 15 is 4.89 Å². The van der Waals surface area contributed by atoms with Crippen molar-refractivity contribution in [3.8, 4) is 44.9 Å². The van der Waals surface area contributed by atoms with Crippen LogP contribution in [-0.4, -0.2) is 6.30 Å². The van der Waals surface area contributed by atoms with Crippen molar-refractivity contribution < 1.29 is 27.1 Å². The number of hydrogen-bond donors (Lipinski definition) is 1. The van der Waals surface area contributed by atoms with Crippen LogP contribution in [0, 0.1) is 0 Å². The monoisotopic (exact) mass is 767 g/mol. The van der Waals surface area contributed by atoms with Gasteiger partial charge in [0.25, 0.3) is 0 Å². The molecule has 10 aromatic rings. The van der Waals surface area contributed by atoms with Gasteiger partial charge in [-0.25, -0.2) is 0 Å². The van der Waals surface area contributed by atoms with Crippen molar-refractivity contribution in [3.63, 3.8) is 0 Å². The van der Waals surface area contributed by atoms with Gasteiger partial charge in [0.05, 0.1) is 0 Å². The predicted octanol–water partition coefficient (Wildman–Crippen LogP) is 13.5. The maximum atomic E-state index is 15.2. The van der Waals surface area contributed by atoms with Crippen LogP contribution >= 0.6 is 8.09 Å². The van der Waals surface area contributed by atoms with Crippen molar-refractivity contribution in [2.75, 3.05) is 0 Å². The summed E-state index contributed by atoms with van der Waals surface area (Å²) in [5.74, 6) is 0.0539. The average Bonchev–Trinajstić information content (AvgIpc) is 3.35. The van der Waals surface area contributed by atoms with E-state index in [1.807, 2.05) is 158 Å². The highest BCUT2D eigenvalue weighted by atomic mass is 31.2. The second kappa shape index (κ2) is 12.5. The van der Waals surface area contributed by atoms with Crippen LogP contribution in [0.15, 0.2) is 170 Å². The Morgan fingerprint density at radius 2 is 0.649 bits per heavy atom. The Bertz CT molecular complexity index is 2990. The summed E-state index contributed by atoms with van der Waals surface area (Å²) in [7, 11) is -5.31. The first kappa shape index (κ1) is 33.8. The van der Waals surface area contributed by atoms with E-state index in [1.165, 1.54) is 5.09 Å². The Hall–Kier alpha value is -6.50. The fourth-order valence-electron chi connectivity index (χ4n) is 8.78. The lowest BCUT2D eigenvalue weighted by Gasteiger charge is -2.28. The van der Waals surface area contributed by atoms with Crippen molar-refractivity contribution >= 4 is 72.7 Å². The molecule has 0 amide bonds. The lowest BCUT2D eigenvalue weighted by molar-refractivity contribution is -0.226. The Labute approximate surface area is 325 Å². The summed E-state index contributed by atoms with van der Waals surface area (Å²) in [6.45, 7) is 0. The Balaban J connectivity index is 1.38. The maximum Gasteiger partial charge on any atom is 0.493 e. The van der Waals surface area contributed by atoms with Gasteiger partial charge in [0.15, 0.2) is 11.5 Å². The molecule has 0 saturated heterocycles. The normalized spacial score (nSPS) is 13.8. The zero-order valence-electron chi connectivity index (χ0n) is 30.0. The first-order valence-corrected chi connectivity index (χ1v) is 20.1. The molecule has 0 aromatic heterocycles. The molecule has 0 unspecified atom stereocenters. The highest BCUT2D eigenvalue weighted by molar-refractivity contribution is 7.58. The molecular formula is C49H29F3NO3P. The lowest BCUT2D eigenvalue weighted by Crippen LogP contribution is -2.41. The van der Waals surface area contributed by atoms with E-state index in [-0.39, 0.29) is 11.5 Å². The molecule has 1 heterocycles. The van der Waals surface area contributed by atoms with E-state index in [4.69, 9.17) is 9.05 Å². The average molecular weight is 768 g/mol. The number of benzene rings is 10. The third kappa shape index (κ3) is 5.42. The Morgan fingerprint density at radius 3 is 0.947 bits per heavy atom. The van der Waals surface area contributed by atoms with Crippen LogP contribution in [-0.2, 0) is 0 Å². The lowest BCUT2D eigenvalue weighted by atomic mass is 9.83. The summed E-state index contributed by atoms with van der Waals surface area (Å²) < 4.78 is 57.0. The summed E-state index contributed by atoms with van der Waals surface area (Å²) in [4.78, 5) is 15.2. The van der Waals surface area contributed by atoms with Crippen molar-refractivity contribution in [1.82, 2.24) is 5.09 Å². The van der Waals surface area contributed by atoms with Crippen molar-refractivity contribution in [3.05, 3.63) is 170 Å². The van der Waals surface area contributed by atoms with Gasteiger partial charge in [0.2, 0.25) is 0 Å². The molecule has 0 fully saturated rings. The summed E-state index contributed by atoms with van der Waals surface area (Å²) in [6.07, 6.45) is -5.13. The third-order valence-corrected chi connectivity index (χ3v) is 12.4. The van der Waals surface area contributed by atoms with Crippen LogP contribution < -0.4 is 19.0 Å². The fraction of sp³-hybridized carbons (Fsp3) is 0.0204. The molecule has 0 spiro atoms.